The molecule has 2 aliphatic rings. The summed E-state index contributed by atoms with van der Waals surface area (Å²) in [5, 5.41) is 3.40. The summed E-state index contributed by atoms with van der Waals surface area (Å²) in [6, 6.07) is 10.9. The van der Waals surface area contributed by atoms with Crippen LogP contribution in [0.5, 0.6) is 0 Å². The van der Waals surface area contributed by atoms with Crippen molar-refractivity contribution in [3.8, 4) is 11.3 Å². The fourth-order valence-electron chi connectivity index (χ4n) is 4.80. The Morgan fingerprint density at radius 2 is 1.77 bits per heavy atom. The number of halogens is 2. The summed E-state index contributed by atoms with van der Waals surface area (Å²) < 4.78 is 34.4. The van der Waals surface area contributed by atoms with Crippen LogP contribution in [-0.2, 0) is 11.3 Å². The molecule has 0 radical (unpaired) electrons. The predicted octanol–water partition coefficient (Wildman–Crippen LogP) is 3.84. The van der Waals surface area contributed by atoms with E-state index >= 15 is 4.39 Å². The Morgan fingerprint density at radius 1 is 0.971 bits per heavy atom. The lowest BCUT2D eigenvalue weighted by Gasteiger charge is -2.26. The number of benzene rings is 2. The average Bonchev–Trinajstić information content (AvgIpc) is 3.39. The van der Waals surface area contributed by atoms with Crippen molar-refractivity contribution in [2.75, 3.05) is 52.5 Å². The van der Waals surface area contributed by atoms with Gasteiger partial charge in [-0.2, -0.15) is 0 Å². The molecule has 184 valence electrons. The van der Waals surface area contributed by atoms with E-state index in [2.05, 4.69) is 20.1 Å². The van der Waals surface area contributed by atoms with Crippen LogP contribution in [0.3, 0.4) is 0 Å². The van der Waals surface area contributed by atoms with Gasteiger partial charge in [0.1, 0.15) is 11.6 Å². The highest BCUT2D eigenvalue weighted by Crippen LogP contribution is 2.27. The summed E-state index contributed by atoms with van der Waals surface area (Å²) in [6.45, 7) is 6.79. The lowest BCUT2D eigenvalue weighted by molar-refractivity contribution is 0.0337. The number of nitrogens with one attached hydrogen (secondary N) is 1. The third-order valence-electron chi connectivity index (χ3n) is 6.77. The number of amides is 1. The number of fused-ring (bicyclic) bond motifs is 1. The average molecular weight is 481 g/mol. The standard InChI is InChI=1S/C27H30F2N4O2/c28-21-5-6-25-22(16-21)23(27(34)30-7-10-32-8-1-2-9-32)17-26(31-25)19-3-4-20(24(29)15-19)18-33-11-13-35-14-12-33/h3-6,15-17H,1-2,7-14,18H2,(H,30,34). The second-order valence-electron chi connectivity index (χ2n) is 9.22. The molecule has 0 spiro atoms. The molecule has 0 atom stereocenters. The monoisotopic (exact) mass is 480 g/mol. The molecule has 0 unspecified atom stereocenters. The number of ether oxygens (including phenoxy) is 1. The number of carbonyl (C=O) groups excluding carboxylic acids is 1. The van der Waals surface area contributed by atoms with E-state index in [1.54, 1.807) is 18.2 Å². The molecule has 1 amide bonds. The van der Waals surface area contributed by atoms with Crippen LogP contribution in [0.15, 0.2) is 42.5 Å². The van der Waals surface area contributed by atoms with Gasteiger partial charge < -0.3 is 15.0 Å². The van der Waals surface area contributed by atoms with Gasteiger partial charge in [-0.15, -0.1) is 0 Å². The summed E-state index contributed by atoms with van der Waals surface area (Å²) >= 11 is 0. The molecule has 2 aromatic carbocycles. The van der Waals surface area contributed by atoms with Gasteiger partial charge in [0.25, 0.3) is 5.91 Å². The van der Waals surface area contributed by atoms with E-state index in [9.17, 15) is 9.18 Å². The van der Waals surface area contributed by atoms with Gasteiger partial charge in [-0.05, 0) is 56.3 Å². The third kappa shape index (κ3) is 5.66. The van der Waals surface area contributed by atoms with E-state index in [0.29, 0.717) is 59.6 Å². The van der Waals surface area contributed by atoms with E-state index in [0.717, 1.165) is 32.7 Å². The first-order valence-corrected chi connectivity index (χ1v) is 12.3. The number of nitrogens with zero attached hydrogens (tertiary/aromatic N) is 3. The number of morpholine rings is 1. The van der Waals surface area contributed by atoms with Crippen LogP contribution in [0.4, 0.5) is 8.78 Å². The maximum atomic E-state index is 15.0. The van der Waals surface area contributed by atoms with Gasteiger partial charge in [0, 0.05) is 49.2 Å². The zero-order valence-corrected chi connectivity index (χ0v) is 19.7. The van der Waals surface area contributed by atoms with Gasteiger partial charge in [-0.25, -0.2) is 13.8 Å². The van der Waals surface area contributed by atoms with Crippen molar-refractivity contribution in [1.82, 2.24) is 20.1 Å². The molecule has 3 heterocycles. The van der Waals surface area contributed by atoms with Crippen molar-refractivity contribution in [3.63, 3.8) is 0 Å². The second kappa shape index (κ2) is 10.8. The molecule has 2 fully saturated rings. The van der Waals surface area contributed by atoms with Crippen LogP contribution in [0, 0.1) is 11.6 Å². The number of pyridine rings is 1. The zero-order chi connectivity index (χ0) is 24.2. The number of rotatable bonds is 7. The van der Waals surface area contributed by atoms with E-state index in [1.165, 1.54) is 31.0 Å². The molecule has 5 rings (SSSR count). The Bertz CT molecular complexity index is 1210. The molecule has 3 aromatic rings. The van der Waals surface area contributed by atoms with Gasteiger partial charge >= 0.3 is 0 Å². The minimum absolute atomic E-state index is 0.284. The molecular weight excluding hydrogens is 450 g/mol. The molecule has 1 aromatic heterocycles. The van der Waals surface area contributed by atoms with Crippen LogP contribution >= 0.6 is 0 Å². The molecule has 35 heavy (non-hydrogen) atoms. The fourth-order valence-corrected chi connectivity index (χ4v) is 4.80. The van der Waals surface area contributed by atoms with Crippen molar-refractivity contribution < 1.29 is 18.3 Å². The summed E-state index contributed by atoms with van der Waals surface area (Å²) in [5.74, 6) is -1.03. The summed E-state index contributed by atoms with van der Waals surface area (Å²) in [6.07, 6.45) is 2.38. The topological polar surface area (TPSA) is 57.7 Å². The zero-order valence-electron chi connectivity index (χ0n) is 19.7. The smallest absolute Gasteiger partial charge is 0.252 e. The molecular formula is C27H30F2N4O2. The minimum atomic E-state index is -0.434. The predicted molar refractivity (Wildman–Crippen MR) is 131 cm³/mol. The largest absolute Gasteiger partial charge is 0.379 e. The van der Waals surface area contributed by atoms with E-state index in [1.807, 2.05) is 6.07 Å². The first-order valence-electron chi connectivity index (χ1n) is 12.3. The van der Waals surface area contributed by atoms with Crippen LogP contribution < -0.4 is 5.32 Å². The van der Waals surface area contributed by atoms with Gasteiger partial charge in [0.2, 0.25) is 0 Å². The van der Waals surface area contributed by atoms with Crippen LogP contribution in [0.2, 0.25) is 0 Å². The van der Waals surface area contributed by atoms with Gasteiger partial charge in [-0.1, -0.05) is 12.1 Å². The molecule has 1 N–H and O–H groups in total. The van der Waals surface area contributed by atoms with Crippen LogP contribution in [0.25, 0.3) is 22.2 Å². The summed E-state index contributed by atoms with van der Waals surface area (Å²) in [5.41, 5.74) is 2.49. The van der Waals surface area contributed by atoms with E-state index in [-0.39, 0.29) is 11.7 Å². The highest BCUT2D eigenvalue weighted by molar-refractivity contribution is 6.07. The van der Waals surface area contributed by atoms with Crippen molar-refractivity contribution >= 4 is 16.8 Å². The Labute approximate surface area is 203 Å². The van der Waals surface area contributed by atoms with Gasteiger partial charge in [0.05, 0.1) is 30.0 Å². The molecule has 0 saturated carbocycles. The third-order valence-corrected chi connectivity index (χ3v) is 6.77. The second-order valence-corrected chi connectivity index (χ2v) is 9.22. The van der Waals surface area contributed by atoms with Crippen LogP contribution in [-0.4, -0.2) is 73.2 Å². The number of hydrogen-bond donors (Lipinski definition) is 1. The Hall–Kier alpha value is -2.94. The molecule has 8 heteroatoms. The van der Waals surface area contributed by atoms with E-state index in [4.69, 9.17) is 4.74 Å². The summed E-state index contributed by atoms with van der Waals surface area (Å²) in [4.78, 5) is 22.2. The van der Waals surface area contributed by atoms with Crippen LogP contribution in [0.1, 0.15) is 28.8 Å². The van der Waals surface area contributed by atoms with Gasteiger partial charge in [-0.3, -0.25) is 9.69 Å². The quantitative estimate of drug-likeness (QED) is 0.557. The number of likely N-dealkylation sites (tertiary alicyclic amines) is 1. The molecule has 2 aliphatic heterocycles. The van der Waals surface area contributed by atoms with Crippen molar-refractivity contribution in [1.29, 1.82) is 0 Å². The Balaban J connectivity index is 1.40. The lowest BCUT2D eigenvalue weighted by atomic mass is 10.0. The minimum Gasteiger partial charge on any atom is -0.379 e. The maximum absolute atomic E-state index is 15.0. The first-order chi connectivity index (χ1) is 17.1. The fraction of sp³-hybridized carbons (Fsp3) is 0.407. The maximum Gasteiger partial charge on any atom is 0.252 e. The van der Waals surface area contributed by atoms with Crippen molar-refractivity contribution in [3.05, 3.63) is 65.2 Å². The normalized spacial score (nSPS) is 17.2. The Kier molecular flexibility index (Phi) is 7.32. The lowest BCUT2D eigenvalue weighted by Crippen LogP contribution is -2.35. The molecule has 0 bridgehead atoms. The first kappa shape index (κ1) is 23.8. The van der Waals surface area contributed by atoms with Crippen molar-refractivity contribution in [2.24, 2.45) is 0 Å². The number of aromatic nitrogens is 1. The van der Waals surface area contributed by atoms with E-state index < -0.39 is 5.82 Å². The molecule has 6 nitrogen and oxygen atoms in total. The highest BCUT2D eigenvalue weighted by atomic mass is 19.1. The SMILES string of the molecule is O=C(NCCN1CCCC1)c1cc(-c2ccc(CN3CCOCC3)c(F)c2)nc2ccc(F)cc12. The number of hydrogen-bond acceptors (Lipinski definition) is 5. The molecule has 0 aliphatic carbocycles. The summed E-state index contributed by atoms with van der Waals surface area (Å²) in [7, 11) is 0. The highest BCUT2D eigenvalue weighted by Gasteiger charge is 2.18. The van der Waals surface area contributed by atoms with Crippen molar-refractivity contribution in [2.45, 2.75) is 19.4 Å². The molecule has 2 saturated heterocycles. The Morgan fingerprint density at radius 3 is 2.54 bits per heavy atom. The number of carbonyl (C=O) groups is 1. The van der Waals surface area contributed by atoms with Gasteiger partial charge in [0.15, 0.2) is 0 Å².